The first kappa shape index (κ1) is 13.5. The quantitative estimate of drug-likeness (QED) is 0.779. The van der Waals surface area contributed by atoms with Gasteiger partial charge in [0.2, 0.25) is 5.91 Å². The van der Waals surface area contributed by atoms with Crippen LogP contribution in [0.5, 0.6) is 0 Å². The molecule has 0 atom stereocenters. The fourth-order valence-electron chi connectivity index (χ4n) is 1.82. The molecule has 2 heterocycles. The summed E-state index contributed by atoms with van der Waals surface area (Å²) in [6, 6.07) is 0.452. The maximum atomic E-state index is 11.8. The summed E-state index contributed by atoms with van der Waals surface area (Å²) in [6.45, 7) is 0.370. The van der Waals surface area contributed by atoms with E-state index in [4.69, 9.17) is 5.73 Å². The molecule has 0 spiro atoms. The number of nitrogens with two attached hydrogens (primary N) is 1. The van der Waals surface area contributed by atoms with Crippen molar-refractivity contribution in [1.82, 2.24) is 19.7 Å². The number of aromatic nitrogens is 4. The Morgan fingerprint density at radius 2 is 2.40 bits per heavy atom. The van der Waals surface area contributed by atoms with Gasteiger partial charge in [0.25, 0.3) is 0 Å². The molecule has 2 aromatic heterocycles. The van der Waals surface area contributed by atoms with Crippen LogP contribution in [0.4, 0.5) is 5.13 Å². The van der Waals surface area contributed by atoms with E-state index in [9.17, 15) is 4.79 Å². The summed E-state index contributed by atoms with van der Waals surface area (Å²) in [5, 5.41) is 14.1. The van der Waals surface area contributed by atoms with Gasteiger partial charge in [-0.15, -0.1) is 21.5 Å². The van der Waals surface area contributed by atoms with Crippen LogP contribution in [0.3, 0.4) is 0 Å². The van der Waals surface area contributed by atoms with E-state index in [0.29, 0.717) is 17.7 Å². The van der Waals surface area contributed by atoms with Gasteiger partial charge in [-0.1, -0.05) is 11.8 Å². The Labute approximate surface area is 124 Å². The van der Waals surface area contributed by atoms with Gasteiger partial charge in [0.05, 0.1) is 12.3 Å². The minimum Gasteiger partial charge on any atom is -0.324 e. The van der Waals surface area contributed by atoms with E-state index in [0.717, 1.165) is 23.8 Å². The highest BCUT2D eigenvalue weighted by Gasteiger charge is 2.29. The number of thioether (sulfide) groups is 1. The van der Waals surface area contributed by atoms with Crippen LogP contribution in [0.2, 0.25) is 0 Å². The topological polar surface area (TPSA) is 98.7 Å². The first-order valence-corrected chi connectivity index (χ1v) is 8.10. The fourth-order valence-corrected chi connectivity index (χ4v) is 3.18. The number of amides is 1. The summed E-state index contributed by atoms with van der Waals surface area (Å²) < 4.78 is 2.06. The number of thiazole rings is 1. The molecule has 0 aliphatic heterocycles. The number of hydrogen-bond acceptors (Lipinski definition) is 7. The Morgan fingerprint density at radius 3 is 3.05 bits per heavy atom. The zero-order valence-corrected chi connectivity index (χ0v) is 12.3. The van der Waals surface area contributed by atoms with Crippen LogP contribution in [0.25, 0.3) is 0 Å². The maximum absolute atomic E-state index is 11.8. The molecule has 3 N–H and O–H groups in total. The predicted molar refractivity (Wildman–Crippen MR) is 77.7 cm³/mol. The summed E-state index contributed by atoms with van der Waals surface area (Å²) in [7, 11) is 0. The standard InChI is InChI=1S/C11H14N6OS2/c12-5-8-15-16-11(17(8)7-1-2-7)20-6-9(18)14-10-13-3-4-19-10/h3-4,7H,1-2,5-6,12H2,(H,13,14,18). The largest absolute Gasteiger partial charge is 0.324 e. The maximum Gasteiger partial charge on any atom is 0.236 e. The van der Waals surface area contributed by atoms with Crippen molar-refractivity contribution in [1.29, 1.82) is 0 Å². The highest BCUT2D eigenvalue weighted by atomic mass is 32.2. The molecule has 9 heteroatoms. The second kappa shape index (κ2) is 5.90. The minimum atomic E-state index is -0.0930. The Bertz CT molecular complexity index is 592. The lowest BCUT2D eigenvalue weighted by molar-refractivity contribution is -0.113. The van der Waals surface area contributed by atoms with Crippen molar-refractivity contribution in [3.63, 3.8) is 0 Å². The van der Waals surface area contributed by atoms with Crippen molar-refractivity contribution in [2.24, 2.45) is 5.73 Å². The lowest BCUT2D eigenvalue weighted by Gasteiger charge is -2.07. The molecule has 2 aromatic rings. The van der Waals surface area contributed by atoms with Crippen LogP contribution < -0.4 is 11.1 Å². The molecule has 3 rings (SSSR count). The average Bonchev–Trinajstić information content (AvgIpc) is 3.00. The highest BCUT2D eigenvalue weighted by molar-refractivity contribution is 7.99. The zero-order chi connectivity index (χ0) is 13.9. The van der Waals surface area contributed by atoms with Gasteiger partial charge in [0.1, 0.15) is 5.82 Å². The number of anilines is 1. The van der Waals surface area contributed by atoms with E-state index in [1.54, 1.807) is 6.20 Å². The van der Waals surface area contributed by atoms with Crippen LogP contribution in [0.1, 0.15) is 24.7 Å². The predicted octanol–water partition coefficient (Wildman–Crippen LogP) is 1.26. The van der Waals surface area contributed by atoms with Crippen LogP contribution in [-0.2, 0) is 11.3 Å². The van der Waals surface area contributed by atoms with E-state index in [-0.39, 0.29) is 11.7 Å². The molecule has 1 amide bonds. The molecule has 0 saturated heterocycles. The van der Waals surface area contributed by atoms with E-state index >= 15 is 0 Å². The van der Waals surface area contributed by atoms with E-state index in [1.165, 1.54) is 23.1 Å². The normalized spacial score (nSPS) is 14.4. The van der Waals surface area contributed by atoms with Crippen LogP contribution in [0.15, 0.2) is 16.7 Å². The molecule has 0 unspecified atom stereocenters. The monoisotopic (exact) mass is 310 g/mol. The third kappa shape index (κ3) is 3.00. The molecule has 7 nitrogen and oxygen atoms in total. The molecule has 20 heavy (non-hydrogen) atoms. The van der Waals surface area contributed by atoms with Crippen molar-refractivity contribution < 1.29 is 4.79 Å². The molecule has 106 valence electrons. The number of nitrogens with zero attached hydrogens (tertiary/aromatic N) is 4. The second-order valence-corrected chi connectivity index (χ2v) is 6.22. The molecule has 1 aliphatic carbocycles. The Balaban J connectivity index is 1.60. The molecule has 0 radical (unpaired) electrons. The van der Waals surface area contributed by atoms with Crippen molar-refractivity contribution in [3.05, 3.63) is 17.4 Å². The molecule has 1 fully saturated rings. The fraction of sp³-hybridized carbons (Fsp3) is 0.455. The van der Waals surface area contributed by atoms with Gasteiger partial charge in [0.15, 0.2) is 10.3 Å². The molecular formula is C11H14N6OS2. The van der Waals surface area contributed by atoms with E-state index in [1.807, 2.05) is 5.38 Å². The summed E-state index contributed by atoms with van der Waals surface area (Å²) in [4.78, 5) is 15.8. The van der Waals surface area contributed by atoms with Gasteiger partial charge in [-0.25, -0.2) is 4.98 Å². The second-order valence-electron chi connectivity index (χ2n) is 4.38. The minimum absolute atomic E-state index is 0.0930. The van der Waals surface area contributed by atoms with Gasteiger partial charge in [-0.2, -0.15) is 0 Å². The van der Waals surface area contributed by atoms with Crippen LogP contribution in [0, 0.1) is 0 Å². The van der Waals surface area contributed by atoms with Gasteiger partial charge >= 0.3 is 0 Å². The Kier molecular flexibility index (Phi) is 3.99. The van der Waals surface area contributed by atoms with Gasteiger partial charge in [-0.05, 0) is 12.8 Å². The highest BCUT2D eigenvalue weighted by Crippen LogP contribution is 2.38. The lowest BCUT2D eigenvalue weighted by atomic mass is 10.5. The third-order valence-electron chi connectivity index (χ3n) is 2.84. The average molecular weight is 310 g/mol. The van der Waals surface area contributed by atoms with Crippen LogP contribution in [-0.4, -0.2) is 31.4 Å². The third-order valence-corrected chi connectivity index (χ3v) is 4.47. The molecule has 1 aliphatic rings. The smallest absolute Gasteiger partial charge is 0.236 e. The van der Waals surface area contributed by atoms with E-state index in [2.05, 4.69) is 25.1 Å². The van der Waals surface area contributed by atoms with Gasteiger partial charge < -0.3 is 15.6 Å². The Hall–Kier alpha value is -1.45. The number of carbonyl (C=O) groups excluding carboxylic acids is 1. The number of nitrogens with one attached hydrogen (secondary N) is 1. The number of rotatable bonds is 6. The SMILES string of the molecule is NCc1nnc(SCC(=O)Nc2nccs2)n1C1CC1. The van der Waals surface area contributed by atoms with Crippen LogP contribution >= 0.6 is 23.1 Å². The molecule has 0 aromatic carbocycles. The van der Waals surface area contributed by atoms with Gasteiger partial charge in [-0.3, -0.25) is 4.79 Å². The summed E-state index contributed by atoms with van der Waals surface area (Å²) in [6.07, 6.45) is 3.92. The van der Waals surface area contributed by atoms with Gasteiger partial charge in [0, 0.05) is 17.6 Å². The number of hydrogen-bond donors (Lipinski definition) is 2. The number of carbonyl (C=O) groups is 1. The van der Waals surface area contributed by atoms with Crippen molar-refractivity contribution in [2.75, 3.05) is 11.1 Å². The Morgan fingerprint density at radius 1 is 1.55 bits per heavy atom. The first-order chi connectivity index (χ1) is 9.78. The summed E-state index contributed by atoms with van der Waals surface area (Å²) in [5.74, 6) is 0.981. The van der Waals surface area contributed by atoms with Crippen molar-refractivity contribution >= 4 is 34.1 Å². The molecular weight excluding hydrogens is 296 g/mol. The zero-order valence-electron chi connectivity index (χ0n) is 10.7. The van der Waals surface area contributed by atoms with Crippen molar-refractivity contribution in [3.8, 4) is 0 Å². The van der Waals surface area contributed by atoms with E-state index < -0.39 is 0 Å². The lowest BCUT2D eigenvalue weighted by Crippen LogP contribution is -2.14. The summed E-state index contributed by atoms with van der Waals surface area (Å²) in [5.41, 5.74) is 5.66. The molecule has 1 saturated carbocycles. The summed E-state index contributed by atoms with van der Waals surface area (Å²) >= 11 is 2.78. The molecule has 0 bridgehead atoms. The first-order valence-electron chi connectivity index (χ1n) is 6.24. The van der Waals surface area contributed by atoms with Crippen molar-refractivity contribution in [2.45, 2.75) is 30.6 Å².